The van der Waals surface area contributed by atoms with Crippen LogP contribution in [-0.4, -0.2) is 36.7 Å². The molecule has 2 heterocycles. The summed E-state index contributed by atoms with van der Waals surface area (Å²) in [4.78, 5) is 12.6. The predicted octanol–water partition coefficient (Wildman–Crippen LogP) is 5.52. The van der Waals surface area contributed by atoms with E-state index in [9.17, 15) is 9.18 Å². The Hall–Kier alpha value is -4.31. The Morgan fingerprint density at radius 2 is 1.61 bits per heavy atom. The number of ether oxygens (including phenoxy) is 1. The smallest absolute Gasteiger partial charge is 0.317 e. The van der Waals surface area contributed by atoms with Crippen molar-refractivity contribution in [1.82, 2.24) is 25.0 Å². The number of hydrogen-bond acceptors (Lipinski definition) is 8. The molecule has 0 bridgehead atoms. The van der Waals surface area contributed by atoms with E-state index in [-0.39, 0.29) is 17.5 Å². The zero-order valence-corrected chi connectivity index (χ0v) is 19.9. The van der Waals surface area contributed by atoms with Gasteiger partial charge in [-0.1, -0.05) is 48.2 Å². The molecular formula is C26H20FN5O3S. The number of hydrogen-bond donors (Lipinski definition) is 0. The van der Waals surface area contributed by atoms with Gasteiger partial charge in [0.05, 0.1) is 5.75 Å². The van der Waals surface area contributed by atoms with E-state index in [0.717, 1.165) is 11.3 Å². The van der Waals surface area contributed by atoms with Crippen LogP contribution < -0.4 is 0 Å². The Kier molecular flexibility index (Phi) is 6.85. The van der Waals surface area contributed by atoms with E-state index < -0.39 is 12.1 Å². The zero-order chi connectivity index (χ0) is 24.9. The van der Waals surface area contributed by atoms with Gasteiger partial charge in [0.1, 0.15) is 5.82 Å². The largest absolute Gasteiger partial charge is 0.452 e. The number of thioether (sulfide) groups is 1. The van der Waals surface area contributed by atoms with Gasteiger partial charge in [0, 0.05) is 16.8 Å². The van der Waals surface area contributed by atoms with Crippen LogP contribution in [0.25, 0.3) is 28.5 Å². The zero-order valence-electron chi connectivity index (χ0n) is 19.1. The van der Waals surface area contributed by atoms with E-state index in [1.807, 2.05) is 65.2 Å². The second-order valence-electron chi connectivity index (χ2n) is 7.72. The van der Waals surface area contributed by atoms with Gasteiger partial charge in [-0.25, -0.2) is 4.39 Å². The molecule has 0 N–H and O–H groups in total. The highest BCUT2D eigenvalue weighted by Gasteiger charge is 2.21. The van der Waals surface area contributed by atoms with Crippen molar-refractivity contribution in [2.45, 2.75) is 18.2 Å². The lowest BCUT2D eigenvalue weighted by Crippen LogP contribution is -2.12. The van der Waals surface area contributed by atoms with Crippen molar-refractivity contribution in [3.63, 3.8) is 0 Å². The molecule has 0 unspecified atom stereocenters. The summed E-state index contributed by atoms with van der Waals surface area (Å²) in [6.07, 6.45) is -0.718. The number of benzene rings is 3. The number of carbonyl (C=O) groups excluding carboxylic acids is 1. The van der Waals surface area contributed by atoms with E-state index in [2.05, 4.69) is 20.4 Å². The second kappa shape index (κ2) is 10.5. The molecule has 8 nitrogen and oxygen atoms in total. The SMILES string of the molecule is C[C@@H](OC(=O)CSc1nnc(-c2ccc(F)cc2)n1-c1ccccc1)c1nnc(-c2ccccc2)o1. The molecule has 0 fully saturated rings. The minimum absolute atomic E-state index is 0.0155. The van der Waals surface area contributed by atoms with E-state index >= 15 is 0 Å². The maximum Gasteiger partial charge on any atom is 0.317 e. The number of halogens is 1. The molecule has 0 saturated heterocycles. The van der Waals surface area contributed by atoms with Crippen LogP contribution >= 0.6 is 11.8 Å². The minimum atomic E-state index is -0.718. The summed E-state index contributed by atoms with van der Waals surface area (Å²) < 4.78 is 26.4. The quantitative estimate of drug-likeness (QED) is 0.203. The summed E-state index contributed by atoms with van der Waals surface area (Å²) in [5.74, 6) is 0.263. The third kappa shape index (κ3) is 5.18. The fourth-order valence-corrected chi connectivity index (χ4v) is 4.20. The van der Waals surface area contributed by atoms with Crippen molar-refractivity contribution in [2.75, 3.05) is 5.75 Å². The molecule has 180 valence electrons. The third-order valence-electron chi connectivity index (χ3n) is 5.19. The second-order valence-corrected chi connectivity index (χ2v) is 8.66. The van der Waals surface area contributed by atoms with Gasteiger partial charge in [0.25, 0.3) is 5.89 Å². The topological polar surface area (TPSA) is 95.9 Å². The van der Waals surface area contributed by atoms with Crippen molar-refractivity contribution in [3.8, 4) is 28.5 Å². The molecule has 0 aliphatic carbocycles. The molecule has 0 radical (unpaired) electrons. The number of carbonyl (C=O) groups is 1. The molecule has 0 aliphatic rings. The Labute approximate surface area is 210 Å². The summed E-state index contributed by atoms with van der Waals surface area (Å²) in [5, 5.41) is 17.1. The Morgan fingerprint density at radius 1 is 0.917 bits per heavy atom. The molecule has 0 saturated carbocycles. The highest BCUT2D eigenvalue weighted by Crippen LogP contribution is 2.29. The summed E-state index contributed by atoms with van der Waals surface area (Å²) in [7, 11) is 0. The fourth-order valence-electron chi connectivity index (χ4n) is 3.46. The molecule has 3 aromatic carbocycles. The van der Waals surface area contributed by atoms with Gasteiger partial charge in [-0.3, -0.25) is 9.36 Å². The maximum absolute atomic E-state index is 13.4. The van der Waals surface area contributed by atoms with Crippen LogP contribution in [0, 0.1) is 5.82 Å². The molecule has 0 amide bonds. The monoisotopic (exact) mass is 501 g/mol. The Morgan fingerprint density at radius 3 is 2.33 bits per heavy atom. The minimum Gasteiger partial charge on any atom is -0.452 e. The van der Waals surface area contributed by atoms with Crippen LogP contribution in [0.2, 0.25) is 0 Å². The molecule has 0 aliphatic heterocycles. The molecule has 2 aromatic heterocycles. The van der Waals surface area contributed by atoms with Crippen molar-refractivity contribution < 1.29 is 18.3 Å². The Balaban J connectivity index is 1.29. The van der Waals surface area contributed by atoms with Crippen LogP contribution in [0.1, 0.15) is 18.9 Å². The molecule has 5 aromatic rings. The van der Waals surface area contributed by atoms with E-state index in [0.29, 0.717) is 22.4 Å². The average Bonchev–Trinajstić information content (AvgIpc) is 3.57. The summed E-state index contributed by atoms with van der Waals surface area (Å²) in [5.41, 5.74) is 2.29. The van der Waals surface area contributed by atoms with E-state index in [4.69, 9.17) is 9.15 Å². The lowest BCUT2D eigenvalue weighted by molar-refractivity contribution is -0.146. The predicted molar refractivity (Wildman–Crippen MR) is 132 cm³/mol. The van der Waals surface area contributed by atoms with Gasteiger partial charge in [-0.05, 0) is 55.5 Å². The fraction of sp³-hybridized carbons (Fsp3) is 0.115. The van der Waals surface area contributed by atoms with Crippen LogP contribution in [0.3, 0.4) is 0 Å². The van der Waals surface area contributed by atoms with Crippen LogP contribution in [0.4, 0.5) is 4.39 Å². The number of nitrogens with zero attached hydrogens (tertiary/aromatic N) is 5. The summed E-state index contributed by atoms with van der Waals surface area (Å²) in [6, 6.07) is 24.8. The lowest BCUT2D eigenvalue weighted by Gasteiger charge is -2.11. The highest BCUT2D eigenvalue weighted by atomic mass is 32.2. The summed E-state index contributed by atoms with van der Waals surface area (Å²) in [6.45, 7) is 1.67. The van der Waals surface area contributed by atoms with Gasteiger partial charge >= 0.3 is 5.97 Å². The van der Waals surface area contributed by atoms with Gasteiger partial charge in [-0.2, -0.15) is 0 Å². The van der Waals surface area contributed by atoms with E-state index in [1.165, 1.54) is 23.9 Å². The first-order valence-electron chi connectivity index (χ1n) is 11.1. The number of rotatable bonds is 8. The van der Waals surface area contributed by atoms with Gasteiger partial charge in [-0.15, -0.1) is 20.4 Å². The third-order valence-corrected chi connectivity index (χ3v) is 6.09. The molecule has 1 atom stereocenters. The Bertz CT molecular complexity index is 1460. The number of para-hydroxylation sites is 1. The standard InChI is InChI=1S/C26H20FN5O3S/c1-17(24-29-30-25(35-24)19-8-4-2-5-9-19)34-22(33)16-36-26-31-28-23(18-12-14-20(27)15-13-18)32(26)21-10-6-3-7-11-21/h2-15,17H,16H2,1H3/t17-/m1/s1. The molecule has 5 rings (SSSR count). The van der Waals surface area contributed by atoms with Crippen molar-refractivity contribution in [2.24, 2.45) is 0 Å². The highest BCUT2D eigenvalue weighted by molar-refractivity contribution is 7.99. The van der Waals surface area contributed by atoms with Crippen LogP contribution in [-0.2, 0) is 9.53 Å². The molecule has 36 heavy (non-hydrogen) atoms. The molecular weight excluding hydrogens is 481 g/mol. The average molecular weight is 502 g/mol. The molecule has 10 heteroatoms. The van der Waals surface area contributed by atoms with Gasteiger partial charge in [0.2, 0.25) is 5.89 Å². The van der Waals surface area contributed by atoms with Crippen molar-refractivity contribution in [3.05, 3.63) is 96.6 Å². The molecule has 0 spiro atoms. The van der Waals surface area contributed by atoms with Crippen molar-refractivity contribution >= 4 is 17.7 Å². The summed E-state index contributed by atoms with van der Waals surface area (Å²) >= 11 is 1.18. The first-order chi connectivity index (χ1) is 17.6. The van der Waals surface area contributed by atoms with Gasteiger partial charge < -0.3 is 9.15 Å². The van der Waals surface area contributed by atoms with Crippen LogP contribution in [0.15, 0.2) is 94.5 Å². The lowest BCUT2D eigenvalue weighted by atomic mass is 10.2. The first kappa shape index (κ1) is 23.4. The van der Waals surface area contributed by atoms with E-state index in [1.54, 1.807) is 19.1 Å². The number of esters is 1. The normalized spacial score (nSPS) is 11.8. The number of aromatic nitrogens is 5. The maximum atomic E-state index is 13.4. The van der Waals surface area contributed by atoms with Crippen LogP contribution in [0.5, 0.6) is 0 Å². The van der Waals surface area contributed by atoms with Crippen molar-refractivity contribution in [1.29, 1.82) is 0 Å². The first-order valence-corrected chi connectivity index (χ1v) is 12.0. The van der Waals surface area contributed by atoms with Gasteiger partial charge in [0.15, 0.2) is 17.1 Å².